The van der Waals surface area contributed by atoms with E-state index in [-0.39, 0.29) is 24.3 Å². The van der Waals surface area contributed by atoms with E-state index in [9.17, 15) is 14.4 Å². The van der Waals surface area contributed by atoms with Gasteiger partial charge in [-0.15, -0.1) is 0 Å². The Hall–Kier alpha value is -2.77. The number of methoxy groups -OCH3 is 2. The van der Waals surface area contributed by atoms with Gasteiger partial charge in [0, 0.05) is 27.7 Å². The van der Waals surface area contributed by atoms with Crippen LogP contribution in [-0.4, -0.2) is 80.5 Å². The third-order valence-corrected chi connectivity index (χ3v) is 4.65. The minimum absolute atomic E-state index is 0.0200. The maximum Gasteiger partial charge on any atom is 0.326 e. The van der Waals surface area contributed by atoms with Crippen LogP contribution in [0.3, 0.4) is 0 Å². The summed E-state index contributed by atoms with van der Waals surface area (Å²) < 4.78 is 10.5. The van der Waals surface area contributed by atoms with Gasteiger partial charge < -0.3 is 19.3 Å². The van der Waals surface area contributed by atoms with Crippen LogP contribution in [0, 0.1) is 0 Å². The molecule has 0 saturated carbocycles. The summed E-state index contributed by atoms with van der Waals surface area (Å²) in [6.45, 7) is 0.489. The maximum atomic E-state index is 12.4. The van der Waals surface area contributed by atoms with Crippen molar-refractivity contribution >= 4 is 17.8 Å². The molecule has 1 aliphatic rings. The van der Waals surface area contributed by atoms with E-state index < -0.39 is 6.04 Å². The van der Waals surface area contributed by atoms with Crippen LogP contribution in [0.25, 0.3) is 0 Å². The Morgan fingerprint density at radius 2 is 1.81 bits per heavy atom. The first-order chi connectivity index (χ1) is 12.3. The predicted molar refractivity (Wildman–Crippen MR) is 95.2 cm³/mol. The summed E-state index contributed by atoms with van der Waals surface area (Å²) >= 11 is 0. The number of benzene rings is 1. The van der Waals surface area contributed by atoms with E-state index in [1.165, 1.54) is 19.0 Å². The summed E-state index contributed by atoms with van der Waals surface area (Å²) in [5, 5.41) is 0. The largest absolute Gasteiger partial charge is 0.493 e. The molecule has 1 saturated heterocycles. The number of carbonyl (C=O) groups excluding carboxylic acids is 3. The normalized spacial score (nSPS) is 16.9. The van der Waals surface area contributed by atoms with E-state index in [1.807, 2.05) is 18.2 Å². The molecule has 1 atom stereocenters. The number of likely N-dealkylation sites (N-methyl/N-ethyl adjacent to an activating group) is 3. The fraction of sp³-hybridized carbons (Fsp3) is 0.500. The van der Waals surface area contributed by atoms with Gasteiger partial charge in [0.2, 0.25) is 5.91 Å². The van der Waals surface area contributed by atoms with Crippen LogP contribution in [0.5, 0.6) is 11.5 Å². The summed E-state index contributed by atoms with van der Waals surface area (Å²) in [6, 6.07) is 4.49. The van der Waals surface area contributed by atoms with Crippen molar-refractivity contribution in [1.29, 1.82) is 0 Å². The van der Waals surface area contributed by atoms with Gasteiger partial charge >= 0.3 is 6.03 Å². The summed E-state index contributed by atoms with van der Waals surface area (Å²) in [7, 11) is 7.80. The summed E-state index contributed by atoms with van der Waals surface area (Å²) in [6.07, 6.45) is 0.615. The quantitative estimate of drug-likeness (QED) is 0.675. The predicted octanol–water partition coefficient (Wildman–Crippen LogP) is 0.987. The Morgan fingerprint density at radius 3 is 2.35 bits per heavy atom. The van der Waals surface area contributed by atoms with E-state index >= 15 is 0 Å². The Balaban J connectivity index is 1.93. The lowest BCUT2D eigenvalue weighted by atomic mass is 10.1. The SMILES string of the molecule is COc1ccc(CCN(C)C(=O)C[C@H]2C(=O)N(C)C(=O)N2C)cc1OC. The molecule has 1 aliphatic heterocycles. The smallest absolute Gasteiger partial charge is 0.326 e. The van der Waals surface area contributed by atoms with Gasteiger partial charge in [0.1, 0.15) is 6.04 Å². The Bertz CT molecular complexity index is 706. The van der Waals surface area contributed by atoms with Crippen LogP contribution < -0.4 is 9.47 Å². The van der Waals surface area contributed by atoms with Crippen molar-refractivity contribution < 1.29 is 23.9 Å². The zero-order valence-corrected chi connectivity index (χ0v) is 15.8. The molecule has 142 valence electrons. The topological polar surface area (TPSA) is 79.4 Å². The van der Waals surface area contributed by atoms with Gasteiger partial charge in [-0.25, -0.2) is 4.79 Å². The molecule has 0 aliphatic carbocycles. The van der Waals surface area contributed by atoms with Crippen molar-refractivity contribution in [3.8, 4) is 11.5 Å². The number of imide groups is 1. The number of urea groups is 1. The van der Waals surface area contributed by atoms with Gasteiger partial charge in [-0.1, -0.05) is 6.07 Å². The number of carbonyl (C=O) groups is 3. The highest BCUT2D eigenvalue weighted by atomic mass is 16.5. The molecule has 1 heterocycles. The van der Waals surface area contributed by atoms with Crippen LogP contribution in [0.1, 0.15) is 12.0 Å². The second-order valence-electron chi connectivity index (χ2n) is 6.27. The lowest BCUT2D eigenvalue weighted by Crippen LogP contribution is -2.38. The number of amides is 4. The highest BCUT2D eigenvalue weighted by molar-refractivity contribution is 6.05. The van der Waals surface area contributed by atoms with Crippen molar-refractivity contribution in [3.05, 3.63) is 23.8 Å². The monoisotopic (exact) mass is 363 g/mol. The van der Waals surface area contributed by atoms with Crippen molar-refractivity contribution in [2.75, 3.05) is 41.9 Å². The molecular formula is C18H25N3O5. The number of ether oxygens (including phenoxy) is 2. The minimum atomic E-state index is -0.733. The van der Waals surface area contributed by atoms with Gasteiger partial charge in [0.05, 0.1) is 20.6 Å². The highest BCUT2D eigenvalue weighted by Gasteiger charge is 2.42. The maximum absolute atomic E-state index is 12.4. The van der Waals surface area contributed by atoms with Crippen molar-refractivity contribution in [2.24, 2.45) is 0 Å². The van der Waals surface area contributed by atoms with E-state index in [0.717, 1.165) is 10.5 Å². The summed E-state index contributed by atoms with van der Waals surface area (Å²) in [5.41, 5.74) is 1.01. The van der Waals surface area contributed by atoms with E-state index in [4.69, 9.17) is 9.47 Å². The first-order valence-electron chi connectivity index (χ1n) is 8.29. The van der Waals surface area contributed by atoms with Crippen LogP contribution in [0.15, 0.2) is 18.2 Å². The Kier molecular flexibility index (Phi) is 6.07. The lowest BCUT2D eigenvalue weighted by Gasteiger charge is -2.21. The standard InChI is InChI=1S/C18H25N3O5/c1-19(9-8-12-6-7-14(25-4)15(10-12)26-5)16(22)11-13-17(23)21(3)18(24)20(13)2/h6-7,10,13H,8-9,11H2,1-5H3/t13-/m0/s1. The highest BCUT2D eigenvalue weighted by Crippen LogP contribution is 2.27. The lowest BCUT2D eigenvalue weighted by molar-refractivity contribution is -0.135. The Morgan fingerprint density at radius 1 is 1.15 bits per heavy atom. The molecule has 26 heavy (non-hydrogen) atoms. The first-order valence-corrected chi connectivity index (χ1v) is 8.29. The van der Waals surface area contributed by atoms with Crippen LogP contribution in [-0.2, 0) is 16.0 Å². The van der Waals surface area contributed by atoms with Crippen molar-refractivity contribution in [2.45, 2.75) is 18.9 Å². The number of rotatable bonds is 7. The number of hydrogen-bond donors (Lipinski definition) is 0. The van der Waals surface area contributed by atoms with Crippen LogP contribution >= 0.6 is 0 Å². The molecule has 2 rings (SSSR count). The van der Waals surface area contributed by atoms with E-state index in [0.29, 0.717) is 24.5 Å². The second kappa shape index (κ2) is 8.07. The van der Waals surface area contributed by atoms with Crippen LogP contribution in [0.4, 0.5) is 4.79 Å². The zero-order chi connectivity index (χ0) is 19.4. The fourth-order valence-corrected chi connectivity index (χ4v) is 2.86. The van der Waals surface area contributed by atoms with Gasteiger partial charge in [-0.2, -0.15) is 0 Å². The van der Waals surface area contributed by atoms with Crippen molar-refractivity contribution in [3.63, 3.8) is 0 Å². The molecule has 8 nitrogen and oxygen atoms in total. The fourth-order valence-electron chi connectivity index (χ4n) is 2.86. The third kappa shape index (κ3) is 3.89. The van der Waals surface area contributed by atoms with Gasteiger partial charge in [-0.05, 0) is 24.1 Å². The van der Waals surface area contributed by atoms with Gasteiger partial charge in [0.25, 0.3) is 5.91 Å². The first kappa shape index (κ1) is 19.6. The molecule has 8 heteroatoms. The summed E-state index contributed by atoms with van der Waals surface area (Å²) in [5.74, 6) is 0.758. The third-order valence-electron chi connectivity index (χ3n) is 4.65. The average molecular weight is 363 g/mol. The molecule has 1 aromatic carbocycles. The molecule has 1 fully saturated rings. The zero-order valence-electron chi connectivity index (χ0n) is 15.8. The van der Waals surface area contributed by atoms with E-state index in [1.54, 1.807) is 26.2 Å². The molecule has 4 amide bonds. The molecule has 0 radical (unpaired) electrons. The van der Waals surface area contributed by atoms with E-state index in [2.05, 4.69) is 0 Å². The van der Waals surface area contributed by atoms with Crippen molar-refractivity contribution in [1.82, 2.24) is 14.7 Å². The molecule has 0 unspecified atom stereocenters. The number of nitrogens with zero attached hydrogens (tertiary/aromatic N) is 3. The molecule has 0 N–H and O–H groups in total. The Labute approximate surface area is 153 Å². The molecule has 1 aromatic rings. The van der Waals surface area contributed by atoms with Gasteiger partial charge in [0.15, 0.2) is 11.5 Å². The van der Waals surface area contributed by atoms with Gasteiger partial charge in [-0.3, -0.25) is 14.5 Å². The molecular weight excluding hydrogens is 338 g/mol. The summed E-state index contributed by atoms with van der Waals surface area (Å²) in [4.78, 5) is 40.2. The average Bonchev–Trinajstić information content (AvgIpc) is 2.83. The number of hydrogen-bond acceptors (Lipinski definition) is 5. The minimum Gasteiger partial charge on any atom is -0.493 e. The van der Waals surface area contributed by atoms with Crippen LogP contribution in [0.2, 0.25) is 0 Å². The molecule has 0 bridgehead atoms. The molecule has 0 aromatic heterocycles. The molecule has 0 spiro atoms. The second-order valence-corrected chi connectivity index (χ2v) is 6.27.